The molecule has 5 nitrogen and oxygen atoms in total. The zero-order valence-electron chi connectivity index (χ0n) is 20.3. The predicted octanol–water partition coefficient (Wildman–Crippen LogP) is 6.56. The van der Waals surface area contributed by atoms with Crippen LogP contribution >= 0.6 is 11.6 Å². The van der Waals surface area contributed by atoms with Gasteiger partial charge < -0.3 is 14.7 Å². The normalized spacial score (nSPS) is 21.2. The van der Waals surface area contributed by atoms with Crippen LogP contribution in [0.25, 0.3) is 0 Å². The Labute approximate surface area is 210 Å². The predicted molar refractivity (Wildman–Crippen MR) is 137 cm³/mol. The number of carbonyl (C=O) groups is 2. The molecule has 1 amide bonds. The van der Waals surface area contributed by atoms with E-state index in [1.807, 2.05) is 44.2 Å². The Bertz CT molecular complexity index is 1360. The Balaban J connectivity index is 1.61. The minimum atomic E-state index is -0.997. The first-order valence-electron chi connectivity index (χ1n) is 11.8. The largest absolute Gasteiger partial charge is 0.488 e. The quantitative estimate of drug-likeness (QED) is 0.451. The Hall–Kier alpha value is -3.31. The number of anilines is 1. The number of aromatic carboxylic acids is 1. The first-order valence-corrected chi connectivity index (χ1v) is 12.2. The van der Waals surface area contributed by atoms with Crippen LogP contribution in [0, 0.1) is 0 Å². The number of hydrogen-bond acceptors (Lipinski definition) is 3. The standard InChI is InChI=1S/C29H28ClNO4/c1-17(18-6-5-7-20(14-18)26(32)33)31-24-10-9-22(30)16-23(24)29(4,27(31)34)21-8-11-25-19(15-21)12-13-28(2,3)35-25/h5-11,14-17H,12-13H2,1-4H3,(H,32,33)/t17?,29-/m0/s1. The molecular formula is C29H28ClNO4. The molecule has 6 heteroatoms. The van der Waals surface area contributed by atoms with Gasteiger partial charge in [-0.15, -0.1) is 0 Å². The first kappa shape index (κ1) is 23.4. The first-order chi connectivity index (χ1) is 16.5. The minimum Gasteiger partial charge on any atom is -0.488 e. The van der Waals surface area contributed by atoms with Gasteiger partial charge >= 0.3 is 5.97 Å². The van der Waals surface area contributed by atoms with E-state index in [9.17, 15) is 14.7 Å². The number of aryl methyl sites for hydroxylation is 1. The number of nitrogens with zero attached hydrogens (tertiary/aromatic N) is 1. The van der Waals surface area contributed by atoms with E-state index < -0.39 is 11.4 Å². The van der Waals surface area contributed by atoms with E-state index in [1.165, 1.54) is 0 Å². The molecule has 0 saturated heterocycles. The highest BCUT2D eigenvalue weighted by Gasteiger charge is 2.50. The summed E-state index contributed by atoms with van der Waals surface area (Å²) in [6, 6.07) is 17.9. The third-order valence-corrected chi connectivity index (χ3v) is 7.66. The Morgan fingerprint density at radius 3 is 2.60 bits per heavy atom. The number of halogens is 1. The second kappa shape index (κ2) is 8.13. The number of ether oxygens (including phenoxy) is 1. The van der Waals surface area contributed by atoms with Gasteiger partial charge in [0.1, 0.15) is 11.4 Å². The van der Waals surface area contributed by atoms with Crippen LogP contribution in [0.2, 0.25) is 5.02 Å². The van der Waals surface area contributed by atoms with Crippen LogP contribution < -0.4 is 9.64 Å². The van der Waals surface area contributed by atoms with Crippen LogP contribution in [0.4, 0.5) is 5.69 Å². The highest BCUT2D eigenvalue weighted by atomic mass is 35.5. The van der Waals surface area contributed by atoms with Crippen molar-refractivity contribution in [3.63, 3.8) is 0 Å². The summed E-state index contributed by atoms with van der Waals surface area (Å²) in [5.74, 6) is -0.204. The molecule has 5 rings (SSSR count). The lowest BCUT2D eigenvalue weighted by Crippen LogP contribution is -2.40. The monoisotopic (exact) mass is 489 g/mol. The zero-order chi connectivity index (χ0) is 25.1. The molecule has 2 heterocycles. The van der Waals surface area contributed by atoms with Gasteiger partial charge in [0, 0.05) is 10.7 Å². The molecule has 180 valence electrons. The van der Waals surface area contributed by atoms with Gasteiger partial charge in [0.05, 0.1) is 17.0 Å². The Morgan fingerprint density at radius 1 is 1.09 bits per heavy atom. The van der Waals surface area contributed by atoms with E-state index in [1.54, 1.807) is 29.2 Å². The van der Waals surface area contributed by atoms with Crippen molar-refractivity contribution in [2.75, 3.05) is 4.90 Å². The number of rotatable bonds is 4. The molecule has 3 aromatic rings. The number of fused-ring (bicyclic) bond motifs is 2. The molecule has 1 unspecified atom stereocenters. The molecular weight excluding hydrogens is 462 g/mol. The third kappa shape index (κ3) is 3.79. The Kier molecular flexibility index (Phi) is 5.44. The fourth-order valence-electron chi connectivity index (χ4n) is 5.30. The average molecular weight is 490 g/mol. The molecule has 1 N–H and O–H groups in total. The number of carboxylic acid groups (broad SMARTS) is 1. The molecule has 2 aliphatic rings. The van der Waals surface area contributed by atoms with Crippen LogP contribution in [0.5, 0.6) is 5.75 Å². The summed E-state index contributed by atoms with van der Waals surface area (Å²) in [5, 5.41) is 10.0. The van der Waals surface area contributed by atoms with Crippen molar-refractivity contribution in [2.24, 2.45) is 0 Å². The highest BCUT2D eigenvalue weighted by Crippen LogP contribution is 2.50. The molecule has 2 atom stereocenters. The summed E-state index contributed by atoms with van der Waals surface area (Å²) in [5.41, 5.74) is 3.40. The second-order valence-electron chi connectivity index (χ2n) is 10.3. The maximum atomic E-state index is 14.2. The van der Waals surface area contributed by atoms with Gasteiger partial charge in [0.25, 0.3) is 0 Å². The highest BCUT2D eigenvalue weighted by molar-refractivity contribution is 6.31. The Morgan fingerprint density at radius 2 is 1.86 bits per heavy atom. The molecule has 0 spiro atoms. The molecule has 3 aromatic carbocycles. The molecule has 0 radical (unpaired) electrons. The summed E-state index contributed by atoms with van der Waals surface area (Å²) in [4.78, 5) is 27.5. The van der Waals surface area contributed by atoms with Gasteiger partial charge in [0.2, 0.25) is 5.91 Å². The topological polar surface area (TPSA) is 66.8 Å². The summed E-state index contributed by atoms with van der Waals surface area (Å²) in [7, 11) is 0. The van der Waals surface area contributed by atoms with Crippen molar-refractivity contribution < 1.29 is 19.4 Å². The van der Waals surface area contributed by atoms with Crippen LogP contribution in [0.3, 0.4) is 0 Å². The fraction of sp³-hybridized carbons (Fsp3) is 0.310. The number of carbonyl (C=O) groups excluding carboxylic acids is 1. The van der Waals surface area contributed by atoms with Gasteiger partial charge in [-0.2, -0.15) is 0 Å². The number of amides is 1. The van der Waals surface area contributed by atoms with Gasteiger partial charge in [-0.05, 0) is 99.2 Å². The second-order valence-corrected chi connectivity index (χ2v) is 10.7. The average Bonchev–Trinajstić information content (AvgIpc) is 3.05. The van der Waals surface area contributed by atoms with E-state index in [0.717, 1.165) is 46.5 Å². The SMILES string of the molecule is CC(c1cccc(C(=O)O)c1)N1C(=O)[C@@](C)(c2ccc3c(c2)CCC(C)(C)O3)c2cc(Cl)ccc21. The number of carboxylic acids is 1. The van der Waals surface area contributed by atoms with Gasteiger partial charge in [0.15, 0.2) is 0 Å². The summed E-state index contributed by atoms with van der Waals surface area (Å²) >= 11 is 6.42. The van der Waals surface area contributed by atoms with E-state index in [2.05, 4.69) is 19.9 Å². The molecule has 0 saturated carbocycles. The van der Waals surface area contributed by atoms with E-state index in [4.69, 9.17) is 16.3 Å². The molecule has 0 bridgehead atoms. The minimum absolute atomic E-state index is 0.0694. The van der Waals surface area contributed by atoms with Crippen molar-refractivity contribution in [3.8, 4) is 5.75 Å². The van der Waals surface area contributed by atoms with Crippen LogP contribution in [0.1, 0.15) is 72.8 Å². The van der Waals surface area contributed by atoms with Crippen molar-refractivity contribution in [2.45, 2.75) is 57.6 Å². The lowest BCUT2D eigenvalue weighted by Gasteiger charge is -2.34. The van der Waals surface area contributed by atoms with Gasteiger partial charge in [-0.3, -0.25) is 4.79 Å². The van der Waals surface area contributed by atoms with E-state index in [-0.39, 0.29) is 23.1 Å². The van der Waals surface area contributed by atoms with E-state index >= 15 is 0 Å². The smallest absolute Gasteiger partial charge is 0.335 e. The number of benzene rings is 3. The third-order valence-electron chi connectivity index (χ3n) is 7.43. The van der Waals surface area contributed by atoms with E-state index in [0.29, 0.717) is 5.02 Å². The molecule has 0 fully saturated rings. The number of hydrogen-bond donors (Lipinski definition) is 1. The molecule has 0 aliphatic carbocycles. The summed E-state index contributed by atoms with van der Waals surface area (Å²) in [6.07, 6.45) is 1.78. The van der Waals surface area contributed by atoms with Crippen LogP contribution in [-0.4, -0.2) is 22.6 Å². The molecule has 35 heavy (non-hydrogen) atoms. The van der Waals surface area contributed by atoms with Crippen LogP contribution in [0.15, 0.2) is 60.7 Å². The van der Waals surface area contributed by atoms with Crippen molar-refractivity contribution in [1.29, 1.82) is 0 Å². The summed E-state index contributed by atoms with van der Waals surface area (Å²) in [6.45, 7) is 8.04. The molecule has 2 aliphatic heterocycles. The zero-order valence-corrected chi connectivity index (χ0v) is 21.0. The van der Waals surface area contributed by atoms with Gasteiger partial charge in [-0.25, -0.2) is 4.79 Å². The lowest BCUT2D eigenvalue weighted by atomic mass is 9.76. The van der Waals surface area contributed by atoms with Crippen molar-refractivity contribution >= 4 is 29.2 Å². The lowest BCUT2D eigenvalue weighted by molar-refractivity contribution is -0.121. The molecule has 0 aromatic heterocycles. The van der Waals surface area contributed by atoms with Crippen LogP contribution in [-0.2, 0) is 16.6 Å². The van der Waals surface area contributed by atoms with Crippen molar-refractivity contribution in [3.05, 3.63) is 93.5 Å². The maximum absolute atomic E-state index is 14.2. The summed E-state index contributed by atoms with van der Waals surface area (Å²) < 4.78 is 6.17. The van der Waals surface area contributed by atoms with Gasteiger partial charge in [-0.1, -0.05) is 35.9 Å². The maximum Gasteiger partial charge on any atom is 0.335 e. The fourth-order valence-corrected chi connectivity index (χ4v) is 5.47. The van der Waals surface area contributed by atoms with Crippen molar-refractivity contribution in [1.82, 2.24) is 0 Å².